The summed E-state index contributed by atoms with van der Waals surface area (Å²) < 4.78 is 3.66. The lowest BCUT2D eigenvalue weighted by Gasteiger charge is -1.99. The van der Waals surface area contributed by atoms with Gasteiger partial charge in [-0.25, -0.2) is 4.98 Å². The van der Waals surface area contributed by atoms with Crippen LogP contribution in [-0.2, 0) is 20.0 Å². The third-order valence-electron chi connectivity index (χ3n) is 3.43. The maximum absolute atomic E-state index is 12.3. The van der Waals surface area contributed by atoms with Crippen LogP contribution in [-0.4, -0.2) is 25.1 Å². The van der Waals surface area contributed by atoms with Crippen LogP contribution >= 0.6 is 0 Å². The van der Waals surface area contributed by atoms with Gasteiger partial charge in [0.15, 0.2) is 5.82 Å². The van der Waals surface area contributed by atoms with E-state index < -0.39 is 0 Å². The first-order valence-corrected chi connectivity index (χ1v) is 6.65. The van der Waals surface area contributed by atoms with Gasteiger partial charge in [0.25, 0.3) is 0 Å². The molecule has 3 aromatic rings. The molecule has 2 heterocycles. The summed E-state index contributed by atoms with van der Waals surface area (Å²) in [6, 6.07) is 8.00. The van der Waals surface area contributed by atoms with Crippen LogP contribution in [0.4, 0.5) is 0 Å². The van der Waals surface area contributed by atoms with Gasteiger partial charge in [-0.3, -0.25) is 9.48 Å². The number of nitrogens with zero attached hydrogens (tertiary/aromatic N) is 4. The number of aryl methyl sites for hydroxylation is 2. The number of hydrogen-bond donors (Lipinski definition) is 0. The maximum Gasteiger partial charge on any atom is 0.204 e. The number of imidazole rings is 1. The van der Waals surface area contributed by atoms with Gasteiger partial charge in [-0.1, -0.05) is 18.2 Å². The molecule has 0 spiro atoms. The molecule has 0 aliphatic carbocycles. The van der Waals surface area contributed by atoms with Crippen LogP contribution in [0.5, 0.6) is 0 Å². The lowest BCUT2D eigenvalue weighted by atomic mass is 10.1. The maximum atomic E-state index is 12.3. The number of aromatic nitrogens is 4. The van der Waals surface area contributed by atoms with Crippen molar-refractivity contribution in [1.29, 1.82) is 0 Å². The predicted octanol–water partition coefficient (Wildman–Crippen LogP) is 2.22. The lowest BCUT2D eigenvalue weighted by Crippen LogP contribution is -2.11. The molecule has 5 nitrogen and oxygen atoms in total. The van der Waals surface area contributed by atoms with Gasteiger partial charge in [0, 0.05) is 31.4 Å². The molecule has 0 unspecified atom stereocenters. The lowest BCUT2D eigenvalue weighted by molar-refractivity contribution is 0.0979. The zero-order valence-electron chi connectivity index (χ0n) is 11.6. The summed E-state index contributed by atoms with van der Waals surface area (Å²) in [6.07, 6.45) is 3.68. The number of hydrogen-bond acceptors (Lipinski definition) is 3. The molecular formula is C15H16N4O. The van der Waals surface area contributed by atoms with Crippen LogP contribution in [0.1, 0.15) is 23.2 Å². The van der Waals surface area contributed by atoms with E-state index in [-0.39, 0.29) is 12.2 Å². The molecule has 102 valence electrons. The van der Waals surface area contributed by atoms with E-state index in [4.69, 9.17) is 0 Å². The minimum atomic E-state index is -0.0102. The Kier molecular flexibility index (Phi) is 3.10. The van der Waals surface area contributed by atoms with Gasteiger partial charge in [-0.2, -0.15) is 5.10 Å². The van der Waals surface area contributed by atoms with Crippen LogP contribution in [0.25, 0.3) is 10.9 Å². The highest BCUT2D eigenvalue weighted by Gasteiger charge is 2.16. The summed E-state index contributed by atoms with van der Waals surface area (Å²) in [4.78, 5) is 16.4. The average Bonchev–Trinajstić information content (AvgIpc) is 3.03. The first-order chi connectivity index (χ1) is 9.70. The molecule has 0 fully saturated rings. The highest BCUT2D eigenvalue weighted by atomic mass is 16.1. The molecule has 0 bridgehead atoms. The Bertz CT molecular complexity index is 769. The first-order valence-electron chi connectivity index (χ1n) is 6.65. The van der Waals surface area contributed by atoms with Crippen molar-refractivity contribution < 1.29 is 4.79 Å². The van der Waals surface area contributed by atoms with Gasteiger partial charge in [-0.05, 0) is 13.0 Å². The highest BCUT2D eigenvalue weighted by molar-refractivity contribution is 5.96. The first kappa shape index (κ1) is 12.6. The van der Waals surface area contributed by atoms with E-state index in [1.165, 1.54) is 0 Å². The zero-order chi connectivity index (χ0) is 14.1. The average molecular weight is 268 g/mol. The standard InChI is InChI=1S/C15H16N4O/c1-3-19-13-7-5-4-6-11(13)12(17-19)10-14(20)15-16-8-9-18(15)2/h4-9H,3,10H2,1-2H3. The Morgan fingerprint density at radius 2 is 2.10 bits per heavy atom. The van der Waals surface area contributed by atoms with E-state index in [0.717, 1.165) is 23.1 Å². The highest BCUT2D eigenvalue weighted by Crippen LogP contribution is 2.19. The Labute approximate surface area is 116 Å². The Morgan fingerprint density at radius 1 is 1.30 bits per heavy atom. The molecule has 1 aromatic carbocycles. The molecule has 0 amide bonds. The van der Waals surface area contributed by atoms with E-state index in [1.54, 1.807) is 17.0 Å². The fourth-order valence-electron chi connectivity index (χ4n) is 2.43. The molecule has 20 heavy (non-hydrogen) atoms. The second-order valence-corrected chi connectivity index (χ2v) is 4.74. The number of para-hydroxylation sites is 1. The molecule has 0 atom stereocenters. The second kappa shape index (κ2) is 4.92. The predicted molar refractivity (Wildman–Crippen MR) is 76.6 cm³/mol. The van der Waals surface area contributed by atoms with Crippen LogP contribution in [0.3, 0.4) is 0 Å². The van der Waals surface area contributed by atoms with E-state index in [9.17, 15) is 4.79 Å². The molecule has 2 aromatic heterocycles. The van der Waals surface area contributed by atoms with Crippen molar-refractivity contribution in [2.45, 2.75) is 19.9 Å². The van der Waals surface area contributed by atoms with Crippen molar-refractivity contribution in [3.63, 3.8) is 0 Å². The largest absolute Gasteiger partial charge is 0.332 e. The van der Waals surface area contributed by atoms with Gasteiger partial charge >= 0.3 is 0 Å². The Morgan fingerprint density at radius 3 is 2.80 bits per heavy atom. The summed E-state index contributed by atoms with van der Waals surface area (Å²) in [5.74, 6) is 0.462. The van der Waals surface area contributed by atoms with Gasteiger partial charge in [-0.15, -0.1) is 0 Å². The molecule has 3 rings (SSSR count). The van der Waals surface area contributed by atoms with E-state index in [0.29, 0.717) is 5.82 Å². The zero-order valence-corrected chi connectivity index (χ0v) is 11.6. The number of ketones is 1. The van der Waals surface area contributed by atoms with Crippen LogP contribution < -0.4 is 0 Å². The summed E-state index contributed by atoms with van der Waals surface area (Å²) in [7, 11) is 1.82. The van der Waals surface area contributed by atoms with Gasteiger partial charge in [0.1, 0.15) is 0 Å². The normalized spacial score (nSPS) is 11.1. The molecule has 0 radical (unpaired) electrons. The summed E-state index contributed by atoms with van der Waals surface area (Å²) in [6.45, 7) is 2.83. The quantitative estimate of drug-likeness (QED) is 0.682. The van der Waals surface area contributed by atoms with Crippen molar-refractivity contribution in [3.8, 4) is 0 Å². The molecule has 5 heteroatoms. The summed E-state index contributed by atoms with van der Waals surface area (Å²) in [5, 5.41) is 5.58. The number of Topliss-reactive ketones (excluding diaryl/α,β-unsaturated/α-hetero) is 1. The number of rotatable bonds is 4. The van der Waals surface area contributed by atoms with Crippen molar-refractivity contribution in [2.24, 2.45) is 7.05 Å². The Balaban J connectivity index is 1.99. The van der Waals surface area contributed by atoms with E-state index >= 15 is 0 Å². The monoisotopic (exact) mass is 268 g/mol. The molecule has 0 saturated carbocycles. The van der Waals surface area contributed by atoms with Crippen LogP contribution in [0, 0.1) is 0 Å². The van der Waals surface area contributed by atoms with Crippen molar-refractivity contribution in [1.82, 2.24) is 19.3 Å². The van der Waals surface area contributed by atoms with E-state index in [2.05, 4.69) is 10.1 Å². The number of benzene rings is 1. The van der Waals surface area contributed by atoms with Crippen molar-refractivity contribution >= 4 is 16.7 Å². The molecule has 0 aliphatic rings. The second-order valence-electron chi connectivity index (χ2n) is 4.74. The topological polar surface area (TPSA) is 52.7 Å². The third-order valence-corrected chi connectivity index (χ3v) is 3.43. The SMILES string of the molecule is CCn1nc(CC(=O)c2nccn2C)c2ccccc21. The molecule has 0 aliphatic heterocycles. The van der Waals surface area contributed by atoms with Crippen molar-refractivity contribution in [2.75, 3.05) is 0 Å². The number of fused-ring (bicyclic) bond motifs is 1. The molecule has 0 saturated heterocycles. The van der Waals surface area contributed by atoms with Gasteiger partial charge < -0.3 is 4.57 Å². The van der Waals surface area contributed by atoms with Gasteiger partial charge in [0.05, 0.1) is 17.6 Å². The minimum Gasteiger partial charge on any atom is -0.332 e. The molecule has 0 N–H and O–H groups in total. The fourth-order valence-corrected chi connectivity index (χ4v) is 2.43. The van der Waals surface area contributed by atoms with Crippen LogP contribution in [0.2, 0.25) is 0 Å². The number of carbonyl (C=O) groups excluding carboxylic acids is 1. The minimum absolute atomic E-state index is 0.0102. The summed E-state index contributed by atoms with van der Waals surface area (Å²) >= 11 is 0. The summed E-state index contributed by atoms with van der Waals surface area (Å²) in [5.41, 5.74) is 1.88. The fraction of sp³-hybridized carbons (Fsp3) is 0.267. The smallest absolute Gasteiger partial charge is 0.204 e. The molecular weight excluding hydrogens is 252 g/mol. The van der Waals surface area contributed by atoms with E-state index in [1.807, 2.05) is 42.9 Å². The Hall–Kier alpha value is -2.43. The van der Waals surface area contributed by atoms with Crippen molar-refractivity contribution in [3.05, 3.63) is 48.2 Å². The third kappa shape index (κ3) is 2.01. The number of carbonyl (C=O) groups is 1. The van der Waals surface area contributed by atoms with Crippen LogP contribution in [0.15, 0.2) is 36.7 Å². The van der Waals surface area contributed by atoms with Gasteiger partial charge in [0.2, 0.25) is 5.78 Å².